The molecule has 3 aromatic rings. The van der Waals surface area contributed by atoms with E-state index >= 15 is 0 Å². The number of aromatic nitrogens is 1. The van der Waals surface area contributed by atoms with Crippen LogP contribution in [0.25, 0.3) is 0 Å². The molecule has 1 aromatic heterocycles. The average molecular weight is 548 g/mol. The maximum absolute atomic E-state index is 12.9. The van der Waals surface area contributed by atoms with Crippen LogP contribution < -0.4 is 15.5 Å². The number of carbonyl (C=O) groups is 1. The standard InChI is InChI=1S/C24H26ClN5O4S2/c1-2-34-19-8-10-20(11-9-19)36(32,33)30-14-12-17(13-15-30)23(31)29-26-16-21-22(25)28-24(35-21)27-18-6-4-3-5-7-18/h3-11,16-17H,2,12-15H2,1H3,(H,27,28)(H,29,31)/b26-16+. The van der Waals surface area contributed by atoms with Crippen molar-refractivity contribution < 1.29 is 17.9 Å². The first-order valence-electron chi connectivity index (χ1n) is 11.4. The third kappa shape index (κ3) is 6.41. The van der Waals surface area contributed by atoms with Gasteiger partial charge in [0.1, 0.15) is 5.75 Å². The van der Waals surface area contributed by atoms with Crippen LogP contribution in [0.15, 0.2) is 64.6 Å². The van der Waals surface area contributed by atoms with E-state index in [1.807, 2.05) is 37.3 Å². The molecule has 2 aromatic carbocycles. The van der Waals surface area contributed by atoms with E-state index in [2.05, 4.69) is 20.8 Å². The Balaban J connectivity index is 1.28. The molecule has 0 unspecified atom stereocenters. The fraction of sp³-hybridized carbons (Fsp3) is 0.292. The predicted octanol–water partition coefficient (Wildman–Crippen LogP) is 4.49. The molecule has 1 fully saturated rings. The van der Waals surface area contributed by atoms with Crippen molar-refractivity contribution >= 4 is 55.9 Å². The zero-order chi connectivity index (χ0) is 25.5. The number of nitrogens with one attached hydrogen (secondary N) is 2. The van der Waals surface area contributed by atoms with Crippen LogP contribution in [-0.2, 0) is 14.8 Å². The van der Waals surface area contributed by atoms with Gasteiger partial charge in [0, 0.05) is 24.7 Å². The van der Waals surface area contributed by atoms with E-state index in [-0.39, 0.29) is 35.0 Å². The van der Waals surface area contributed by atoms with Gasteiger partial charge in [-0.05, 0) is 56.2 Å². The van der Waals surface area contributed by atoms with Crippen molar-refractivity contribution in [3.63, 3.8) is 0 Å². The number of hydrogen-bond donors (Lipinski definition) is 2. The maximum atomic E-state index is 12.9. The van der Waals surface area contributed by atoms with Crippen molar-refractivity contribution in [2.75, 3.05) is 25.0 Å². The number of hydrazone groups is 1. The lowest BCUT2D eigenvalue weighted by Crippen LogP contribution is -2.42. The number of amides is 1. The molecule has 2 N–H and O–H groups in total. The third-order valence-electron chi connectivity index (χ3n) is 5.59. The summed E-state index contributed by atoms with van der Waals surface area (Å²) in [6.07, 6.45) is 2.27. The van der Waals surface area contributed by atoms with Gasteiger partial charge in [0.05, 0.1) is 22.6 Å². The average Bonchev–Trinajstić information content (AvgIpc) is 3.23. The van der Waals surface area contributed by atoms with Crippen LogP contribution in [-0.4, -0.2) is 49.5 Å². The molecule has 190 valence electrons. The van der Waals surface area contributed by atoms with E-state index in [9.17, 15) is 13.2 Å². The number of ether oxygens (including phenoxy) is 1. The number of rotatable bonds is 9. The van der Waals surface area contributed by atoms with Crippen LogP contribution in [0.3, 0.4) is 0 Å². The highest BCUT2D eigenvalue weighted by molar-refractivity contribution is 7.89. The first-order valence-corrected chi connectivity index (χ1v) is 14.0. The monoisotopic (exact) mass is 547 g/mol. The number of para-hydroxylation sites is 1. The first-order chi connectivity index (χ1) is 17.4. The van der Waals surface area contributed by atoms with Crippen molar-refractivity contribution in [1.82, 2.24) is 14.7 Å². The molecule has 1 saturated heterocycles. The molecule has 36 heavy (non-hydrogen) atoms. The molecule has 0 radical (unpaired) electrons. The molecule has 1 amide bonds. The molecule has 0 spiro atoms. The quantitative estimate of drug-likeness (QED) is 0.301. The summed E-state index contributed by atoms with van der Waals surface area (Å²) in [6.45, 7) is 2.89. The molecule has 2 heterocycles. The molecular weight excluding hydrogens is 522 g/mol. The van der Waals surface area contributed by atoms with E-state index in [0.29, 0.717) is 35.2 Å². The normalized spacial score (nSPS) is 15.2. The van der Waals surface area contributed by atoms with Crippen LogP contribution >= 0.6 is 22.9 Å². The van der Waals surface area contributed by atoms with Gasteiger partial charge in [-0.15, -0.1) is 0 Å². The van der Waals surface area contributed by atoms with Crippen molar-refractivity contribution in [2.45, 2.75) is 24.7 Å². The van der Waals surface area contributed by atoms with Gasteiger partial charge < -0.3 is 10.1 Å². The summed E-state index contributed by atoms with van der Waals surface area (Å²) >= 11 is 7.50. The summed E-state index contributed by atoms with van der Waals surface area (Å²) in [6, 6.07) is 15.9. The number of anilines is 2. The number of piperidine rings is 1. The minimum atomic E-state index is -3.63. The van der Waals surface area contributed by atoms with Gasteiger partial charge in [0.15, 0.2) is 10.3 Å². The number of thiazole rings is 1. The lowest BCUT2D eigenvalue weighted by atomic mass is 9.98. The fourth-order valence-corrected chi connectivity index (χ4v) is 6.24. The molecule has 1 aliphatic heterocycles. The van der Waals surface area contributed by atoms with Gasteiger partial charge in [-0.25, -0.2) is 18.8 Å². The number of nitrogens with zero attached hydrogens (tertiary/aromatic N) is 3. The lowest BCUT2D eigenvalue weighted by molar-refractivity contribution is -0.126. The Morgan fingerprint density at radius 2 is 1.89 bits per heavy atom. The van der Waals surface area contributed by atoms with Crippen molar-refractivity contribution in [2.24, 2.45) is 11.0 Å². The summed E-state index contributed by atoms with van der Waals surface area (Å²) in [5, 5.41) is 8.09. The topological polar surface area (TPSA) is 113 Å². The largest absolute Gasteiger partial charge is 0.494 e. The Morgan fingerprint density at radius 1 is 1.19 bits per heavy atom. The molecule has 0 saturated carbocycles. The van der Waals surface area contributed by atoms with Gasteiger partial charge in [-0.1, -0.05) is 41.1 Å². The third-order valence-corrected chi connectivity index (χ3v) is 8.81. The van der Waals surface area contributed by atoms with Crippen LogP contribution in [0.4, 0.5) is 10.8 Å². The molecule has 1 aliphatic rings. The molecule has 0 atom stereocenters. The van der Waals surface area contributed by atoms with Crippen LogP contribution in [0, 0.1) is 5.92 Å². The summed E-state index contributed by atoms with van der Waals surface area (Å²) in [5.41, 5.74) is 3.42. The lowest BCUT2D eigenvalue weighted by Gasteiger charge is -2.30. The second-order valence-corrected chi connectivity index (χ2v) is 11.3. The van der Waals surface area contributed by atoms with Crippen LogP contribution in [0.2, 0.25) is 5.15 Å². The van der Waals surface area contributed by atoms with Gasteiger partial charge in [0.25, 0.3) is 0 Å². The van der Waals surface area contributed by atoms with Gasteiger partial charge in [0.2, 0.25) is 15.9 Å². The number of hydrogen-bond acceptors (Lipinski definition) is 8. The van der Waals surface area contributed by atoms with Crippen molar-refractivity contribution in [3.05, 3.63) is 64.6 Å². The molecule has 0 aliphatic carbocycles. The molecule has 12 heteroatoms. The molecule has 0 bridgehead atoms. The predicted molar refractivity (Wildman–Crippen MR) is 142 cm³/mol. The SMILES string of the molecule is CCOc1ccc(S(=O)(=O)N2CCC(C(=O)N/N=C/c3sc(Nc4ccccc4)nc3Cl)CC2)cc1. The highest BCUT2D eigenvalue weighted by Crippen LogP contribution is 2.28. The Kier molecular flexibility index (Phi) is 8.57. The van der Waals surface area contributed by atoms with Crippen LogP contribution in [0.5, 0.6) is 5.75 Å². The van der Waals surface area contributed by atoms with E-state index < -0.39 is 10.0 Å². The minimum Gasteiger partial charge on any atom is -0.494 e. The molecular formula is C24H26ClN5O4S2. The second-order valence-electron chi connectivity index (χ2n) is 7.98. The Bertz CT molecular complexity index is 1310. The zero-order valence-electron chi connectivity index (χ0n) is 19.6. The number of sulfonamides is 1. The summed E-state index contributed by atoms with van der Waals surface area (Å²) in [7, 11) is -3.63. The highest BCUT2D eigenvalue weighted by atomic mass is 35.5. The number of benzene rings is 2. The Labute approximate surface area is 219 Å². The van der Waals surface area contributed by atoms with Gasteiger partial charge >= 0.3 is 0 Å². The van der Waals surface area contributed by atoms with Gasteiger partial charge in [-0.2, -0.15) is 9.41 Å². The second kappa shape index (κ2) is 11.8. The van der Waals surface area contributed by atoms with Crippen molar-refractivity contribution in [3.8, 4) is 5.75 Å². The fourth-order valence-electron chi connectivity index (χ4n) is 3.72. The number of carbonyl (C=O) groups excluding carboxylic acids is 1. The van der Waals surface area contributed by atoms with Crippen LogP contribution in [0.1, 0.15) is 24.6 Å². The van der Waals surface area contributed by atoms with Crippen molar-refractivity contribution in [1.29, 1.82) is 0 Å². The Morgan fingerprint density at radius 3 is 2.56 bits per heavy atom. The van der Waals surface area contributed by atoms with E-state index in [1.165, 1.54) is 21.9 Å². The van der Waals surface area contributed by atoms with E-state index in [4.69, 9.17) is 16.3 Å². The Hall–Kier alpha value is -2.99. The molecule has 4 rings (SSSR count). The smallest absolute Gasteiger partial charge is 0.243 e. The zero-order valence-corrected chi connectivity index (χ0v) is 21.9. The van der Waals surface area contributed by atoms with E-state index in [1.54, 1.807) is 24.3 Å². The van der Waals surface area contributed by atoms with Gasteiger partial charge in [-0.3, -0.25) is 4.79 Å². The number of halogens is 1. The minimum absolute atomic E-state index is 0.209. The highest BCUT2D eigenvalue weighted by Gasteiger charge is 2.32. The molecule has 9 nitrogen and oxygen atoms in total. The summed E-state index contributed by atoms with van der Waals surface area (Å²) in [4.78, 5) is 17.7. The summed E-state index contributed by atoms with van der Waals surface area (Å²) in [5.74, 6) is 0.0319. The maximum Gasteiger partial charge on any atom is 0.243 e. The summed E-state index contributed by atoms with van der Waals surface area (Å²) < 4.78 is 32.7. The first kappa shape index (κ1) is 26.1. The van der Waals surface area contributed by atoms with E-state index in [0.717, 1.165) is 5.69 Å².